The highest BCUT2D eigenvalue weighted by atomic mass is 32.2. The van der Waals surface area contributed by atoms with Crippen molar-refractivity contribution in [2.75, 3.05) is 17.8 Å². The lowest BCUT2D eigenvalue weighted by molar-refractivity contribution is 0.0981. The van der Waals surface area contributed by atoms with E-state index in [9.17, 15) is 17.8 Å². The molecular formula is C20H24N2O4S2. The molecule has 2 aromatic carbocycles. The Morgan fingerprint density at radius 1 is 1.25 bits per heavy atom. The Kier molecular flexibility index (Phi) is 5.49. The van der Waals surface area contributed by atoms with Crippen molar-refractivity contribution in [3.8, 4) is 0 Å². The van der Waals surface area contributed by atoms with E-state index in [1.165, 1.54) is 0 Å². The van der Waals surface area contributed by atoms with Gasteiger partial charge in [0.05, 0.1) is 12.3 Å². The van der Waals surface area contributed by atoms with E-state index in [1.807, 2.05) is 35.1 Å². The number of rotatable bonds is 4. The molecule has 2 unspecified atom stereocenters. The molecule has 0 fully saturated rings. The molecule has 1 aliphatic heterocycles. The SMILES string of the molecule is C[S+]([O-])c1cccc(C2CC(C)(C)c3cc(C(=O)NS(C)(=O)=O)ccc3N2)c1. The summed E-state index contributed by atoms with van der Waals surface area (Å²) in [6.45, 7) is 4.19. The number of nitrogens with one attached hydrogen (secondary N) is 2. The molecule has 0 radical (unpaired) electrons. The minimum Gasteiger partial charge on any atom is -0.612 e. The van der Waals surface area contributed by atoms with Gasteiger partial charge >= 0.3 is 0 Å². The largest absolute Gasteiger partial charge is 0.612 e. The molecule has 1 heterocycles. The van der Waals surface area contributed by atoms with E-state index in [1.54, 1.807) is 18.4 Å². The number of hydrogen-bond donors (Lipinski definition) is 2. The van der Waals surface area contributed by atoms with Crippen molar-refractivity contribution in [3.63, 3.8) is 0 Å². The van der Waals surface area contributed by atoms with Crippen molar-refractivity contribution in [1.82, 2.24) is 4.72 Å². The van der Waals surface area contributed by atoms with Crippen molar-refractivity contribution in [2.24, 2.45) is 0 Å². The van der Waals surface area contributed by atoms with Gasteiger partial charge in [-0.25, -0.2) is 13.1 Å². The summed E-state index contributed by atoms with van der Waals surface area (Å²) in [6, 6.07) is 13.0. The Labute approximate surface area is 169 Å². The Bertz CT molecular complexity index is 1020. The number of carbonyl (C=O) groups excluding carboxylic acids is 1. The Hall–Kier alpha value is -2.03. The van der Waals surface area contributed by atoms with Gasteiger partial charge in [-0.3, -0.25) is 4.79 Å². The Morgan fingerprint density at radius 3 is 2.61 bits per heavy atom. The fraction of sp³-hybridized carbons (Fsp3) is 0.350. The van der Waals surface area contributed by atoms with Crippen LogP contribution in [0.25, 0.3) is 0 Å². The minimum absolute atomic E-state index is 0.0432. The molecule has 0 saturated carbocycles. The van der Waals surface area contributed by atoms with Crippen LogP contribution in [0, 0.1) is 0 Å². The van der Waals surface area contributed by atoms with Crippen LogP contribution in [0.4, 0.5) is 5.69 Å². The molecule has 2 aromatic rings. The number of carbonyl (C=O) groups is 1. The molecule has 8 heteroatoms. The lowest BCUT2D eigenvalue weighted by Crippen LogP contribution is -2.33. The number of amides is 1. The quantitative estimate of drug-likeness (QED) is 0.741. The summed E-state index contributed by atoms with van der Waals surface area (Å²) in [6.07, 6.45) is 3.39. The van der Waals surface area contributed by atoms with Crippen molar-refractivity contribution in [1.29, 1.82) is 0 Å². The molecule has 3 rings (SSSR count). The van der Waals surface area contributed by atoms with E-state index in [0.717, 1.165) is 34.4 Å². The Morgan fingerprint density at radius 2 is 1.96 bits per heavy atom. The van der Waals surface area contributed by atoms with Gasteiger partial charge in [-0.2, -0.15) is 0 Å². The first-order valence-electron chi connectivity index (χ1n) is 8.83. The van der Waals surface area contributed by atoms with Crippen LogP contribution in [0.2, 0.25) is 0 Å². The summed E-state index contributed by atoms with van der Waals surface area (Å²) in [7, 11) is -3.62. The third kappa shape index (κ3) is 4.51. The van der Waals surface area contributed by atoms with Gasteiger partial charge in [0.25, 0.3) is 5.91 Å². The zero-order valence-electron chi connectivity index (χ0n) is 16.3. The van der Waals surface area contributed by atoms with Gasteiger partial charge in [-0.1, -0.05) is 26.0 Å². The number of hydrogen-bond acceptors (Lipinski definition) is 5. The average Bonchev–Trinajstić information content (AvgIpc) is 2.59. The molecule has 0 aromatic heterocycles. The van der Waals surface area contributed by atoms with Crippen LogP contribution in [0.15, 0.2) is 47.4 Å². The molecule has 2 N–H and O–H groups in total. The van der Waals surface area contributed by atoms with Crippen LogP contribution in [-0.2, 0) is 26.6 Å². The maximum Gasteiger partial charge on any atom is 0.264 e. The van der Waals surface area contributed by atoms with Crippen molar-refractivity contribution in [3.05, 3.63) is 59.2 Å². The van der Waals surface area contributed by atoms with E-state index < -0.39 is 27.1 Å². The maximum atomic E-state index is 12.2. The first kappa shape index (κ1) is 20.7. The maximum absolute atomic E-state index is 12.2. The molecule has 6 nitrogen and oxygen atoms in total. The first-order valence-corrected chi connectivity index (χ1v) is 12.3. The average molecular weight is 421 g/mol. The molecular weight excluding hydrogens is 396 g/mol. The van der Waals surface area contributed by atoms with Crippen LogP contribution < -0.4 is 10.0 Å². The van der Waals surface area contributed by atoms with E-state index in [0.29, 0.717) is 5.56 Å². The highest BCUT2D eigenvalue weighted by Gasteiger charge is 2.34. The second-order valence-electron chi connectivity index (χ2n) is 7.78. The monoisotopic (exact) mass is 420 g/mol. The summed E-state index contributed by atoms with van der Waals surface area (Å²) < 4.78 is 36.5. The number of benzene rings is 2. The standard InChI is InChI=1S/C20H24N2O4S2/c1-20(2)12-18(13-6-5-7-15(10-13)27(3)24)21-17-9-8-14(11-16(17)20)19(23)22-28(4,25)26/h5-11,18,21H,12H2,1-4H3,(H,22,23). The zero-order valence-corrected chi connectivity index (χ0v) is 17.9. The van der Waals surface area contributed by atoms with Crippen molar-refractivity contribution < 1.29 is 17.8 Å². The summed E-state index contributed by atoms with van der Waals surface area (Å²) >= 11 is -1.05. The summed E-state index contributed by atoms with van der Waals surface area (Å²) in [4.78, 5) is 13.0. The van der Waals surface area contributed by atoms with E-state index >= 15 is 0 Å². The molecule has 1 amide bonds. The molecule has 28 heavy (non-hydrogen) atoms. The number of fused-ring (bicyclic) bond motifs is 1. The van der Waals surface area contributed by atoms with Gasteiger partial charge in [0.15, 0.2) is 4.90 Å². The molecule has 0 bridgehead atoms. The van der Waals surface area contributed by atoms with Gasteiger partial charge in [-0.15, -0.1) is 0 Å². The molecule has 0 spiro atoms. The van der Waals surface area contributed by atoms with Crippen molar-refractivity contribution >= 4 is 32.8 Å². The van der Waals surface area contributed by atoms with E-state index in [-0.39, 0.29) is 11.5 Å². The Balaban J connectivity index is 1.93. The minimum atomic E-state index is -3.62. The van der Waals surface area contributed by atoms with Crippen LogP contribution in [-0.4, -0.2) is 31.4 Å². The fourth-order valence-electron chi connectivity index (χ4n) is 3.57. The fourth-order valence-corrected chi connectivity index (χ4v) is 4.60. The number of sulfonamides is 1. The molecule has 0 aliphatic carbocycles. The summed E-state index contributed by atoms with van der Waals surface area (Å²) in [5, 5.41) is 3.50. The van der Waals surface area contributed by atoms with Crippen LogP contribution in [0.5, 0.6) is 0 Å². The topological polar surface area (TPSA) is 98.3 Å². The predicted molar refractivity (Wildman–Crippen MR) is 112 cm³/mol. The third-order valence-corrected chi connectivity index (χ3v) is 6.40. The van der Waals surface area contributed by atoms with Gasteiger partial charge < -0.3 is 9.87 Å². The lowest BCUT2D eigenvalue weighted by atomic mass is 9.73. The van der Waals surface area contributed by atoms with E-state index in [2.05, 4.69) is 19.2 Å². The second-order valence-corrected chi connectivity index (χ2v) is 10.9. The van der Waals surface area contributed by atoms with Gasteiger partial charge in [0.2, 0.25) is 10.0 Å². The molecule has 1 aliphatic rings. The highest BCUT2D eigenvalue weighted by molar-refractivity contribution is 7.90. The second kappa shape index (κ2) is 7.42. The van der Waals surface area contributed by atoms with Crippen LogP contribution in [0.3, 0.4) is 0 Å². The third-order valence-electron chi connectivity index (χ3n) is 4.93. The zero-order chi connectivity index (χ0) is 20.7. The van der Waals surface area contributed by atoms with Gasteiger partial charge in [0.1, 0.15) is 6.26 Å². The predicted octanol–water partition coefficient (Wildman–Crippen LogP) is 2.95. The normalized spacial score (nSPS) is 19.2. The lowest BCUT2D eigenvalue weighted by Gasteiger charge is -2.39. The smallest absolute Gasteiger partial charge is 0.264 e. The molecule has 2 atom stereocenters. The van der Waals surface area contributed by atoms with Crippen molar-refractivity contribution in [2.45, 2.75) is 36.6 Å². The number of anilines is 1. The molecule has 150 valence electrons. The molecule has 0 saturated heterocycles. The highest BCUT2D eigenvalue weighted by Crippen LogP contribution is 2.44. The summed E-state index contributed by atoms with van der Waals surface area (Å²) in [5.41, 5.74) is 2.99. The van der Waals surface area contributed by atoms with Crippen LogP contribution in [0.1, 0.15) is 47.8 Å². The first-order chi connectivity index (χ1) is 13.0. The van der Waals surface area contributed by atoms with E-state index in [4.69, 9.17) is 0 Å². The summed E-state index contributed by atoms with van der Waals surface area (Å²) in [5.74, 6) is -0.638. The van der Waals surface area contributed by atoms with Gasteiger partial charge in [-0.05, 0) is 64.5 Å². The van der Waals surface area contributed by atoms with Crippen LogP contribution >= 0.6 is 0 Å². The van der Waals surface area contributed by atoms with Gasteiger partial charge in [0, 0.05) is 11.3 Å².